The predicted octanol–water partition coefficient (Wildman–Crippen LogP) is 3.73. The molecule has 0 aliphatic carbocycles. The van der Waals surface area contributed by atoms with E-state index in [4.69, 9.17) is 0 Å². The van der Waals surface area contributed by atoms with Gasteiger partial charge in [-0.25, -0.2) is 4.98 Å². The van der Waals surface area contributed by atoms with Crippen LogP contribution in [-0.4, -0.2) is 54.4 Å². The first-order valence-corrected chi connectivity index (χ1v) is 11.9. The molecule has 6 nitrogen and oxygen atoms in total. The molecule has 156 valence electrons. The number of benzene rings is 1. The number of aromatic nitrogens is 1. The van der Waals surface area contributed by atoms with Gasteiger partial charge in [-0.2, -0.15) is 11.3 Å². The summed E-state index contributed by atoms with van der Waals surface area (Å²) in [5, 5.41) is 9.52. The van der Waals surface area contributed by atoms with E-state index in [1.807, 2.05) is 39.9 Å². The van der Waals surface area contributed by atoms with Crippen LogP contribution < -0.4 is 10.2 Å². The molecule has 3 aromatic rings. The summed E-state index contributed by atoms with van der Waals surface area (Å²) >= 11 is 3.08. The van der Waals surface area contributed by atoms with E-state index in [0.29, 0.717) is 25.1 Å². The lowest BCUT2D eigenvalue weighted by molar-refractivity contribution is -0.131. The van der Waals surface area contributed by atoms with Crippen molar-refractivity contribution < 1.29 is 9.59 Å². The van der Waals surface area contributed by atoms with Crippen LogP contribution in [0.15, 0.2) is 52.5 Å². The van der Waals surface area contributed by atoms with E-state index in [0.717, 1.165) is 36.8 Å². The van der Waals surface area contributed by atoms with Crippen molar-refractivity contribution in [2.75, 3.05) is 37.6 Å². The zero-order valence-electron chi connectivity index (χ0n) is 16.6. The molecule has 30 heavy (non-hydrogen) atoms. The van der Waals surface area contributed by atoms with Crippen LogP contribution >= 0.6 is 22.7 Å². The number of piperazine rings is 1. The average molecular weight is 441 g/mol. The second kappa shape index (κ2) is 9.86. The van der Waals surface area contributed by atoms with Gasteiger partial charge in [-0.15, -0.1) is 11.3 Å². The van der Waals surface area contributed by atoms with Gasteiger partial charge in [0, 0.05) is 61.2 Å². The molecular weight excluding hydrogens is 416 g/mol. The van der Waals surface area contributed by atoms with Crippen molar-refractivity contribution in [2.45, 2.75) is 12.8 Å². The van der Waals surface area contributed by atoms with Crippen molar-refractivity contribution in [3.8, 4) is 10.6 Å². The van der Waals surface area contributed by atoms with E-state index in [9.17, 15) is 9.59 Å². The van der Waals surface area contributed by atoms with Crippen LogP contribution in [0.5, 0.6) is 0 Å². The van der Waals surface area contributed by atoms with Gasteiger partial charge in [0.2, 0.25) is 5.91 Å². The number of anilines is 1. The van der Waals surface area contributed by atoms with E-state index in [2.05, 4.69) is 27.3 Å². The molecule has 0 bridgehead atoms. The van der Waals surface area contributed by atoms with Gasteiger partial charge in [0.1, 0.15) is 10.7 Å². The minimum absolute atomic E-state index is 0.158. The molecule has 1 fully saturated rings. The van der Waals surface area contributed by atoms with Gasteiger partial charge in [-0.1, -0.05) is 18.2 Å². The number of carbonyl (C=O) groups excluding carboxylic acids is 2. The zero-order valence-corrected chi connectivity index (χ0v) is 18.3. The second-order valence-corrected chi connectivity index (χ2v) is 8.75. The molecule has 0 spiro atoms. The lowest BCUT2D eigenvalue weighted by Gasteiger charge is -2.36. The fraction of sp³-hybridized carbons (Fsp3) is 0.318. The summed E-state index contributed by atoms with van der Waals surface area (Å²) in [4.78, 5) is 33.4. The molecule has 1 aliphatic heterocycles. The fourth-order valence-electron chi connectivity index (χ4n) is 3.44. The largest absolute Gasteiger partial charge is 0.368 e. The molecule has 2 aromatic heterocycles. The summed E-state index contributed by atoms with van der Waals surface area (Å²) < 4.78 is 0. The smallest absolute Gasteiger partial charge is 0.270 e. The Morgan fingerprint density at radius 3 is 2.57 bits per heavy atom. The highest BCUT2D eigenvalue weighted by molar-refractivity contribution is 7.14. The van der Waals surface area contributed by atoms with Crippen LogP contribution in [0.4, 0.5) is 5.69 Å². The molecule has 1 saturated heterocycles. The lowest BCUT2D eigenvalue weighted by atomic mass is 10.2. The van der Waals surface area contributed by atoms with Crippen molar-refractivity contribution in [2.24, 2.45) is 0 Å². The van der Waals surface area contributed by atoms with Crippen LogP contribution in [0.25, 0.3) is 10.6 Å². The Morgan fingerprint density at radius 2 is 1.83 bits per heavy atom. The highest BCUT2D eigenvalue weighted by Gasteiger charge is 2.21. The molecule has 4 rings (SSSR count). The minimum Gasteiger partial charge on any atom is -0.368 e. The van der Waals surface area contributed by atoms with Crippen LogP contribution in [0.3, 0.4) is 0 Å². The third-order valence-electron chi connectivity index (χ3n) is 5.11. The molecule has 0 atom stereocenters. The number of amides is 2. The Morgan fingerprint density at radius 1 is 1.03 bits per heavy atom. The Balaban J connectivity index is 1.16. The zero-order chi connectivity index (χ0) is 20.8. The van der Waals surface area contributed by atoms with Crippen LogP contribution in [0.2, 0.25) is 0 Å². The summed E-state index contributed by atoms with van der Waals surface area (Å²) in [7, 11) is 0. The van der Waals surface area contributed by atoms with Gasteiger partial charge in [-0.05, 0) is 30.0 Å². The molecule has 2 amide bonds. The highest BCUT2D eigenvalue weighted by Crippen LogP contribution is 2.25. The Kier molecular flexibility index (Phi) is 6.76. The van der Waals surface area contributed by atoms with Crippen LogP contribution in [-0.2, 0) is 4.79 Å². The van der Waals surface area contributed by atoms with Crippen LogP contribution in [0.1, 0.15) is 23.3 Å². The van der Waals surface area contributed by atoms with Gasteiger partial charge in [0.25, 0.3) is 5.91 Å². The number of nitrogens with one attached hydrogen (secondary N) is 1. The summed E-state index contributed by atoms with van der Waals surface area (Å²) in [6.07, 6.45) is 1.08. The number of thiazole rings is 1. The van der Waals surface area contributed by atoms with Gasteiger partial charge in [0.15, 0.2) is 0 Å². The third kappa shape index (κ3) is 5.06. The lowest BCUT2D eigenvalue weighted by Crippen LogP contribution is -2.48. The number of carbonyl (C=O) groups is 2. The Labute approximate surface area is 184 Å². The number of para-hydroxylation sites is 1. The third-order valence-corrected chi connectivity index (χ3v) is 6.69. The topological polar surface area (TPSA) is 65.5 Å². The van der Waals surface area contributed by atoms with Gasteiger partial charge >= 0.3 is 0 Å². The van der Waals surface area contributed by atoms with E-state index >= 15 is 0 Å². The molecule has 0 saturated carbocycles. The average Bonchev–Trinajstić information content (AvgIpc) is 3.49. The molecule has 1 aromatic carbocycles. The summed E-state index contributed by atoms with van der Waals surface area (Å²) in [5.74, 6) is -0.0259. The van der Waals surface area contributed by atoms with E-state index in [1.165, 1.54) is 17.0 Å². The van der Waals surface area contributed by atoms with Gasteiger partial charge in [-0.3, -0.25) is 9.59 Å². The van der Waals surface area contributed by atoms with Crippen molar-refractivity contribution in [1.82, 2.24) is 15.2 Å². The van der Waals surface area contributed by atoms with Gasteiger partial charge in [0.05, 0.1) is 0 Å². The first-order chi connectivity index (χ1) is 14.7. The Hall–Kier alpha value is -2.71. The second-order valence-electron chi connectivity index (χ2n) is 7.11. The number of thiophene rings is 1. The van der Waals surface area contributed by atoms with E-state index < -0.39 is 0 Å². The van der Waals surface area contributed by atoms with Crippen molar-refractivity contribution >= 4 is 40.2 Å². The minimum atomic E-state index is -0.184. The quantitative estimate of drug-likeness (QED) is 0.569. The monoisotopic (exact) mass is 440 g/mol. The SMILES string of the molecule is O=C(NCCCC(=O)N1CCN(c2ccccc2)CC1)c1csc(-c2ccsc2)n1. The number of hydrogen-bond acceptors (Lipinski definition) is 6. The molecule has 1 aliphatic rings. The van der Waals surface area contributed by atoms with Crippen molar-refractivity contribution in [3.63, 3.8) is 0 Å². The summed E-state index contributed by atoms with van der Waals surface area (Å²) in [6, 6.07) is 12.3. The van der Waals surface area contributed by atoms with Crippen LogP contribution in [0, 0.1) is 0 Å². The number of nitrogens with zero attached hydrogens (tertiary/aromatic N) is 3. The predicted molar refractivity (Wildman–Crippen MR) is 122 cm³/mol. The standard InChI is InChI=1S/C22H24N4O2S2/c27-20(26-12-10-25(11-13-26)18-5-2-1-3-6-18)7-4-9-23-21(28)19-16-30-22(24-19)17-8-14-29-15-17/h1-3,5-6,8,14-16H,4,7,9-13H2,(H,23,28). The molecule has 8 heteroatoms. The molecular formula is C22H24N4O2S2. The van der Waals surface area contributed by atoms with Crippen molar-refractivity contribution in [1.29, 1.82) is 0 Å². The number of hydrogen-bond donors (Lipinski definition) is 1. The maximum atomic E-state index is 12.5. The molecule has 0 radical (unpaired) electrons. The first kappa shape index (κ1) is 20.6. The maximum Gasteiger partial charge on any atom is 0.270 e. The summed E-state index contributed by atoms with van der Waals surface area (Å²) in [5.41, 5.74) is 2.68. The fourth-order valence-corrected chi connectivity index (χ4v) is 4.95. The van der Waals surface area contributed by atoms with Crippen molar-refractivity contribution in [3.05, 3.63) is 58.2 Å². The van der Waals surface area contributed by atoms with E-state index in [1.54, 1.807) is 16.7 Å². The summed E-state index contributed by atoms with van der Waals surface area (Å²) in [6.45, 7) is 3.65. The van der Waals surface area contributed by atoms with Gasteiger partial charge < -0.3 is 15.1 Å². The highest BCUT2D eigenvalue weighted by atomic mass is 32.1. The normalized spacial score (nSPS) is 14.0. The van der Waals surface area contributed by atoms with E-state index in [-0.39, 0.29) is 11.8 Å². The molecule has 0 unspecified atom stereocenters. The Bertz CT molecular complexity index is 964. The first-order valence-electron chi connectivity index (χ1n) is 10.0. The molecule has 1 N–H and O–H groups in total. The maximum absolute atomic E-state index is 12.5. The molecule has 3 heterocycles. The number of rotatable bonds is 7.